The Hall–Kier alpha value is -3.20. The van der Waals surface area contributed by atoms with E-state index in [1.807, 2.05) is 0 Å². The molecule has 2 aromatic heterocycles. The quantitative estimate of drug-likeness (QED) is 0.736. The normalized spacial score (nSPS) is 10.8. The van der Waals surface area contributed by atoms with Crippen molar-refractivity contribution in [2.24, 2.45) is 5.73 Å². The number of aromatic nitrogens is 3. The minimum Gasteiger partial charge on any atom is -0.487 e. The minimum absolute atomic E-state index is 0.0430. The number of benzene rings is 1. The van der Waals surface area contributed by atoms with Gasteiger partial charge in [0.05, 0.1) is 18.1 Å². The predicted molar refractivity (Wildman–Crippen MR) is 93.2 cm³/mol. The summed E-state index contributed by atoms with van der Waals surface area (Å²) in [7, 11) is 0. The van der Waals surface area contributed by atoms with Crippen LogP contribution in [0.4, 0.5) is 13.6 Å². The van der Waals surface area contributed by atoms with Crippen LogP contribution in [0.2, 0.25) is 5.02 Å². The van der Waals surface area contributed by atoms with Crippen LogP contribution < -0.4 is 16.0 Å². The number of aryl methyl sites for hydroxylation is 1. The lowest BCUT2D eigenvalue weighted by atomic mass is 10.2. The molecule has 0 spiro atoms. The van der Waals surface area contributed by atoms with Gasteiger partial charge in [-0.25, -0.2) is 13.6 Å². The van der Waals surface area contributed by atoms with Crippen molar-refractivity contribution in [3.05, 3.63) is 74.9 Å². The van der Waals surface area contributed by atoms with E-state index in [1.165, 1.54) is 29.1 Å². The number of hydrogen-bond donors (Lipinski definition) is 1. The van der Waals surface area contributed by atoms with Crippen molar-refractivity contribution in [1.82, 2.24) is 14.3 Å². The van der Waals surface area contributed by atoms with Gasteiger partial charge in [0.25, 0.3) is 5.56 Å². The fourth-order valence-electron chi connectivity index (χ4n) is 2.45. The van der Waals surface area contributed by atoms with Crippen molar-refractivity contribution in [3.8, 4) is 11.4 Å². The van der Waals surface area contributed by atoms with Gasteiger partial charge in [-0.3, -0.25) is 9.36 Å². The summed E-state index contributed by atoms with van der Waals surface area (Å²) in [5.74, 6) is -1.43. The molecule has 1 amide bonds. The first-order chi connectivity index (χ1) is 12.8. The number of ether oxygens (including phenoxy) is 1. The molecular formula is C17H13ClF2N4O3. The number of carbonyl (C=O) groups excluding carboxylic acids is 1. The van der Waals surface area contributed by atoms with Gasteiger partial charge < -0.3 is 10.5 Å². The molecule has 2 N–H and O–H groups in total. The van der Waals surface area contributed by atoms with Gasteiger partial charge in [-0.2, -0.15) is 9.78 Å². The highest BCUT2D eigenvalue weighted by Crippen LogP contribution is 2.25. The van der Waals surface area contributed by atoms with E-state index in [1.54, 1.807) is 6.92 Å². The van der Waals surface area contributed by atoms with Gasteiger partial charge in [0, 0.05) is 23.4 Å². The molecule has 0 bridgehead atoms. The van der Waals surface area contributed by atoms with E-state index in [4.69, 9.17) is 22.1 Å². The van der Waals surface area contributed by atoms with Gasteiger partial charge in [0.2, 0.25) is 0 Å². The highest BCUT2D eigenvalue weighted by Gasteiger charge is 2.16. The van der Waals surface area contributed by atoms with E-state index in [0.29, 0.717) is 5.69 Å². The second kappa shape index (κ2) is 7.20. The highest BCUT2D eigenvalue weighted by molar-refractivity contribution is 6.31. The summed E-state index contributed by atoms with van der Waals surface area (Å²) < 4.78 is 34.2. The second-order valence-electron chi connectivity index (χ2n) is 5.61. The van der Waals surface area contributed by atoms with E-state index >= 15 is 0 Å². The highest BCUT2D eigenvalue weighted by atomic mass is 35.5. The van der Waals surface area contributed by atoms with Crippen LogP contribution in [0.1, 0.15) is 11.3 Å². The first-order valence-corrected chi connectivity index (χ1v) is 7.99. The van der Waals surface area contributed by atoms with E-state index < -0.39 is 23.2 Å². The molecule has 1 aromatic carbocycles. The van der Waals surface area contributed by atoms with Crippen LogP contribution in [0.3, 0.4) is 0 Å². The topological polar surface area (TPSA) is 92.1 Å². The molecule has 10 heteroatoms. The average Bonchev–Trinajstić information content (AvgIpc) is 3.08. The van der Waals surface area contributed by atoms with Crippen LogP contribution in [0.15, 0.2) is 41.5 Å². The number of halogens is 3. The Morgan fingerprint density at radius 1 is 1.33 bits per heavy atom. The number of nitrogens with zero attached hydrogens (tertiary/aromatic N) is 3. The van der Waals surface area contributed by atoms with Gasteiger partial charge in [0.1, 0.15) is 29.0 Å². The molecule has 3 aromatic rings. The predicted octanol–water partition coefficient (Wildman–Crippen LogP) is 2.78. The van der Waals surface area contributed by atoms with Crippen molar-refractivity contribution >= 4 is 17.6 Å². The molecule has 2 heterocycles. The molecule has 7 nitrogen and oxygen atoms in total. The van der Waals surface area contributed by atoms with Gasteiger partial charge in [-0.05, 0) is 19.1 Å². The lowest BCUT2D eigenvalue weighted by molar-refractivity contribution is 0.247. The fourth-order valence-corrected chi connectivity index (χ4v) is 2.64. The Balaban J connectivity index is 1.92. The molecule has 0 aliphatic heterocycles. The molecule has 0 atom stereocenters. The SMILES string of the molecule is Cc1cc(OCc2ccc(F)cc2F)c(Cl)c(=O)n1-c1cnn(C(N)=O)c1. The Morgan fingerprint density at radius 2 is 2.07 bits per heavy atom. The summed E-state index contributed by atoms with van der Waals surface area (Å²) in [6.07, 6.45) is 2.56. The van der Waals surface area contributed by atoms with Gasteiger partial charge >= 0.3 is 6.03 Å². The Labute approximate surface area is 156 Å². The largest absolute Gasteiger partial charge is 0.487 e. The molecule has 0 saturated heterocycles. The van der Waals surface area contributed by atoms with Crippen LogP contribution in [-0.2, 0) is 6.61 Å². The molecule has 27 heavy (non-hydrogen) atoms. The maximum Gasteiger partial charge on any atom is 0.339 e. The maximum absolute atomic E-state index is 13.7. The smallest absolute Gasteiger partial charge is 0.339 e. The van der Waals surface area contributed by atoms with Crippen LogP contribution in [-0.4, -0.2) is 20.4 Å². The molecule has 0 fully saturated rings. The van der Waals surface area contributed by atoms with Crippen LogP contribution in [0.5, 0.6) is 5.75 Å². The summed E-state index contributed by atoms with van der Waals surface area (Å²) in [6, 6.07) is 3.75. The molecule has 140 valence electrons. The molecule has 0 unspecified atom stereocenters. The van der Waals surface area contributed by atoms with Gasteiger partial charge in [0.15, 0.2) is 0 Å². The molecule has 0 radical (unpaired) electrons. The Morgan fingerprint density at radius 3 is 2.70 bits per heavy atom. The molecular weight excluding hydrogens is 382 g/mol. The lowest BCUT2D eigenvalue weighted by Gasteiger charge is -2.13. The summed E-state index contributed by atoms with van der Waals surface area (Å²) in [5, 5.41) is 3.51. The van der Waals surface area contributed by atoms with Crippen molar-refractivity contribution < 1.29 is 18.3 Å². The Kier molecular flexibility index (Phi) is 4.95. The van der Waals surface area contributed by atoms with E-state index in [-0.39, 0.29) is 28.6 Å². The monoisotopic (exact) mass is 394 g/mol. The minimum atomic E-state index is -0.806. The van der Waals surface area contributed by atoms with Crippen LogP contribution in [0.25, 0.3) is 5.69 Å². The lowest BCUT2D eigenvalue weighted by Crippen LogP contribution is -2.22. The zero-order chi connectivity index (χ0) is 19.7. The molecule has 0 aliphatic carbocycles. The number of carbonyl (C=O) groups is 1. The first kappa shape index (κ1) is 18.6. The average molecular weight is 395 g/mol. The summed E-state index contributed by atoms with van der Waals surface area (Å²) in [4.78, 5) is 23.7. The standard InChI is InChI=1S/C17H13ClF2N4O3/c1-9-4-14(27-8-10-2-3-11(19)5-13(10)20)15(18)16(25)24(9)12-6-22-23(7-12)17(21)26/h2-7H,8H2,1H3,(H2,21,26). The summed E-state index contributed by atoms with van der Waals surface area (Å²) in [5.41, 5.74) is 5.34. The number of amides is 1. The van der Waals surface area contributed by atoms with E-state index in [2.05, 4.69) is 5.10 Å². The summed E-state index contributed by atoms with van der Waals surface area (Å²) in [6.45, 7) is 1.37. The zero-order valence-corrected chi connectivity index (χ0v) is 14.7. The van der Waals surface area contributed by atoms with Crippen molar-refractivity contribution in [2.75, 3.05) is 0 Å². The van der Waals surface area contributed by atoms with Gasteiger partial charge in [-0.1, -0.05) is 11.6 Å². The number of primary amides is 1. The number of nitrogens with two attached hydrogens (primary N) is 1. The summed E-state index contributed by atoms with van der Waals surface area (Å²) >= 11 is 6.09. The van der Waals surface area contributed by atoms with Crippen molar-refractivity contribution in [3.63, 3.8) is 0 Å². The number of rotatable bonds is 4. The second-order valence-corrected chi connectivity index (χ2v) is 5.99. The van der Waals surface area contributed by atoms with E-state index in [0.717, 1.165) is 16.8 Å². The zero-order valence-electron chi connectivity index (χ0n) is 13.9. The molecule has 3 rings (SSSR count). The third-order valence-corrected chi connectivity index (χ3v) is 4.10. The van der Waals surface area contributed by atoms with Crippen molar-refractivity contribution in [2.45, 2.75) is 13.5 Å². The van der Waals surface area contributed by atoms with Gasteiger partial charge in [-0.15, -0.1) is 0 Å². The Bertz CT molecular complexity index is 1090. The molecule has 0 aliphatic rings. The number of pyridine rings is 1. The number of hydrogen-bond acceptors (Lipinski definition) is 4. The van der Waals surface area contributed by atoms with Crippen LogP contribution in [0, 0.1) is 18.6 Å². The first-order valence-electron chi connectivity index (χ1n) is 7.61. The third-order valence-electron chi connectivity index (χ3n) is 3.75. The molecule has 0 saturated carbocycles. The van der Waals surface area contributed by atoms with Crippen molar-refractivity contribution in [1.29, 1.82) is 0 Å². The fraction of sp³-hybridized carbons (Fsp3) is 0.118. The van der Waals surface area contributed by atoms with E-state index in [9.17, 15) is 18.4 Å². The van der Waals surface area contributed by atoms with Crippen LogP contribution >= 0.6 is 11.6 Å². The third kappa shape index (κ3) is 3.68. The maximum atomic E-state index is 13.7.